The Bertz CT molecular complexity index is 534. The van der Waals surface area contributed by atoms with Crippen molar-refractivity contribution in [3.63, 3.8) is 0 Å². The molecule has 0 saturated heterocycles. The number of Topliss-reactive ketones (excluding diaryl/α,β-unsaturated/α-hetero) is 1. The minimum absolute atomic E-state index is 0.00329. The molecule has 2 heteroatoms. The first kappa shape index (κ1) is 22.1. The van der Waals surface area contributed by atoms with E-state index in [9.17, 15) is 4.79 Å². The van der Waals surface area contributed by atoms with Gasteiger partial charge in [-0.25, -0.2) is 0 Å². The number of likely N-dealkylation sites (N-methyl/N-ethyl adjacent to an activating group) is 1. The van der Waals surface area contributed by atoms with Crippen LogP contribution < -0.4 is 0 Å². The van der Waals surface area contributed by atoms with Crippen LogP contribution in [0.15, 0.2) is 73.4 Å². The third-order valence-corrected chi connectivity index (χ3v) is 4.04. The Balaban J connectivity index is 4.38. The Labute approximate surface area is 148 Å². The minimum Gasteiger partial charge on any atom is -0.300 e. The number of carbonyl (C=O) groups is 1. The van der Waals surface area contributed by atoms with Gasteiger partial charge in [-0.15, -0.1) is 0 Å². The monoisotopic (exact) mass is 327 g/mol. The summed E-state index contributed by atoms with van der Waals surface area (Å²) in [6.07, 6.45) is 12.2. The summed E-state index contributed by atoms with van der Waals surface area (Å²) in [6, 6.07) is 0.00329. The number of hydrogen-bond donors (Lipinski definition) is 0. The number of carbonyl (C=O) groups excluding carboxylic acids is 1. The predicted octanol–water partition coefficient (Wildman–Crippen LogP) is 5.28. The molecule has 0 aliphatic heterocycles. The molecule has 0 spiro atoms. The van der Waals surface area contributed by atoms with Crippen LogP contribution in [0.3, 0.4) is 0 Å². The quantitative estimate of drug-likeness (QED) is 0.455. The fourth-order valence-electron chi connectivity index (χ4n) is 2.37. The lowest BCUT2D eigenvalue weighted by Gasteiger charge is -2.24. The van der Waals surface area contributed by atoms with E-state index in [0.717, 1.165) is 36.0 Å². The van der Waals surface area contributed by atoms with Crippen molar-refractivity contribution >= 4 is 5.78 Å². The smallest absolute Gasteiger partial charge is 0.146 e. The van der Waals surface area contributed by atoms with E-state index >= 15 is 0 Å². The second-order valence-electron chi connectivity index (χ2n) is 6.61. The number of allylic oxidation sites excluding steroid dienone is 8. The number of ketones is 1. The van der Waals surface area contributed by atoms with Crippen LogP contribution in [0, 0.1) is 5.92 Å². The lowest BCUT2D eigenvalue weighted by molar-refractivity contribution is -0.121. The molecule has 0 bridgehead atoms. The minimum atomic E-state index is 0.00329. The second kappa shape index (κ2) is 11.6. The third-order valence-electron chi connectivity index (χ3n) is 4.04. The zero-order chi connectivity index (χ0) is 18.7. The molecule has 24 heavy (non-hydrogen) atoms. The Kier molecular flexibility index (Phi) is 10.7. The van der Waals surface area contributed by atoms with Crippen LogP contribution in [0.2, 0.25) is 0 Å². The summed E-state index contributed by atoms with van der Waals surface area (Å²) in [5, 5.41) is 0. The summed E-state index contributed by atoms with van der Waals surface area (Å²) in [5.41, 5.74) is 2.79. The molecule has 0 aliphatic carbocycles. The number of nitrogens with zero attached hydrogens (tertiary/aromatic N) is 1. The van der Waals surface area contributed by atoms with E-state index in [0.29, 0.717) is 5.92 Å². The summed E-state index contributed by atoms with van der Waals surface area (Å²) in [6.45, 7) is 19.5. The molecule has 0 radical (unpaired) electrons. The van der Waals surface area contributed by atoms with Gasteiger partial charge in [0.25, 0.3) is 0 Å². The Hall–Kier alpha value is -1.93. The molecule has 0 aromatic rings. The first-order valence-electron chi connectivity index (χ1n) is 8.39. The number of hydrogen-bond acceptors (Lipinski definition) is 2. The molecule has 0 unspecified atom stereocenters. The lowest BCUT2D eigenvalue weighted by atomic mass is 9.93. The van der Waals surface area contributed by atoms with Crippen LogP contribution >= 0.6 is 0 Å². The Morgan fingerprint density at radius 2 is 1.67 bits per heavy atom. The van der Waals surface area contributed by atoms with Crippen LogP contribution in [0.5, 0.6) is 0 Å². The van der Waals surface area contributed by atoms with Gasteiger partial charge in [0.05, 0.1) is 6.04 Å². The molecule has 0 aliphatic rings. The average Bonchev–Trinajstić information content (AvgIpc) is 2.52. The second-order valence-corrected chi connectivity index (χ2v) is 6.61. The van der Waals surface area contributed by atoms with Crippen LogP contribution in [0.25, 0.3) is 0 Å². The molecule has 2 atom stereocenters. The Morgan fingerprint density at radius 1 is 1.08 bits per heavy atom. The largest absolute Gasteiger partial charge is 0.300 e. The van der Waals surface area contributed by atoms with Crippen LogP contribution in [-0.4, -0.2) is 30.8 Å². The van der Waals surface area contributed by atoms with Gasteiger partial charge in [0.15, 0.2) is 0 Å². The van der Waals surface area contributed by atoms with Crippen molar-refractivity contribution in [2.75, 3.05) is 14.1 Å². The maximum absolute atomic E-state index is 11.7. The van der Waals surface area contributed by atoms with E-state index in [2.05, 4.69) is 33.2 Å². The van der Waals surface area contributed by atoms with Crippen LogP contribution in [0.1, 0.15) is 33.1 Å². The molecule has 0 fully saturated rings. The van der Waals surface area contributed by atoms with Crippen molar-refractivity contribution in [1.29, 1.82) is 0 Å². The van der Waals surface area contributed by atoms with Gasteiger partial charge in [-0.2, -0.15) is 0 Å². The summed E-state index contributed by atoms with van der Waals surface area (Å²) in [7, 11) is 3.92. The average molecular weight is 328 g/mol. The molecule has 132 valence electrons. The first-order chi connectivity index (χ1) is 11.2. The predicted molar refractivity (Wildman–Crippen MR) is 107 cm³/mol. The molecule has 0 N–H and O–H groups in total. The topological polar surface area (TPSA) is 20.3 Å². The van der Waals surface area contributed by atoms with E-state index < -0.39 is 0 Å². The van der Waals surface area contributed by atoms with Gasteiger partial charge in [0.2, 0.25) is 0 Å². The van der Waals surface area contributed by atoms with E-state index in [1.54, 1.807) is 13.0 Å². The Morgan fingerprint density at radius 3 is 2.17 bits per heavy atom. The van der Waals surface area contributed by atoms with Gasteiger partial charge in [0.1, 0.15) is 5.78 Å². The van der Waals surface area contributed by atoms with Gasteiger partial charge in [0, 0.05) is 0 Å². The highest BCUT2D eigenvalue weighted by atomic mass is 16.1. The standard InChI is InChI=1S/C22H33NO/c1-9-10-11-19(4)20(5)15-14-17(2)12-13-18(3)16-22(21(6)24)23(7)8/h9-11,14-15,18,22H,1-2,4-5,12-13,16H2,3,6-8H3/b11-10-,15-14-/t18-,22+/m1/s1. The van der Waals surface area contributed by atoms with Crippen LogP contribution in [0.4, 0.5) is 0 Å². The fraction of sp³-hybridized carbons (Fsp3) is 0.409. The summed E-state index contributed by atoms with van der Waals surface area (Å²) < 4.78 is 0. The van der Waals surface area contributed by atoms with E-state index in [4.69, 9.17) is 0 Å². The molecule has 0 aromatic heterocycles. The van der Waals surface area contributed by atoms with Crippen molar-refractivity contribution in [1.82, 2.24) is 4.90 Å². The molecule has 0 amide bonds. The van der Waals surface area contributed by atoms with Gasteiger partial charge in [-0.3, -0.25) is 9.69 Å². The zero-order valence-electron chi connectivity index (χ0n) is 15.8. The normalized spacial score (nSPS) is 14.0. The van der Waals surface area contributed by atoms with Crippen molar-refractivity contribution in [3.8, 4) is 0 Å². The molecule has 0 saturated carbocycles. The molecule has 0 rings (SSSR count). The highest BCUT2D eigenvalue weighted by Crippen LogP contribution is 2.19. The summed E-state index contributed by atoms with van der Waals surface area (Å²) in [4.78, 5) is 13.7. The molecule has 2 nitrogen and oxygen atoms in total. The highest BCUT2D eigenvalue weighted by Gasteiger charge is 2.19. The fourth-order valence-corrected chi connectivity index (χ4v) is 2.37. The molecular formula is C22H33NO. The van der Waals surface area contributed by atoms with Crippen molar-refractivity contribution in [2.45, 2.75) is 39.2 Å². The van der Waals surface area contributed by atoms with Gasteiger partial charge < -0.3 is 0 Å². The summed E-state index contributed by atoms with van der Waals surface area (Å²) in [5.74, 6) is 0.702. The molecule has 0 heterocycles. The van der Waals surface area contributed by atoms with E-state index in [1.807, 2.05) is 43.3 Å². The van der Waals surface area contributed by atoms with Crippen molar-refractivity contribution in [3.05, 3.63) is 73.4 Å². The molecular weight excluding hydrogens is 294 g/mol. The maximum atomic E-state index is 11.7. The SMILES string of the molecule is C=C/C=C\C(=C)C(=C)/C=C\C(=C)CC[C@@H](C)C[C@@H](C(C)=O)N(C)C. The van der Waals surface area contributed by atoms with Gasteiger partial charge in [-0.1, -0.05) is 69.2 Å². The first-order valence-corrected chi connectivity index (χ1v) is 8.39. The van der Waals surface area contributed by atoms with Gasteiger partial charge in [-0.05, 0) is 57.3 Å². The number of rotatable bonds is 12. The van der Waals surface area contributed by atoms with E-state index in [1.165, 1.54) is 0 Å². The summed E-state index contributed by atoms with van der Waals surface area (Å²) >= 11 is 0. The maximum Gasteiger partial charge on any atom is 0.146 e. The van der Waals surface area contributed by atoms with Crippen LogP contribution in [-0.2, 0) is 4.79 Å². The van der Waals surface area contributed by atoms with Gasteiger partial charge >= 0.3 is 0 Å². The molecule has 0 aromatic carbocycles. The third kappa shape index (κ3) is 9.26. The van der Waals surface area contributed by atoms with E-state index in [-0.39, 0.29) is 11.8 Å². The van der Waals surface area contributed by atoms with Crippen molar-refractivity contribution < 1.29 is 4.79 Å². The lowest BCUT2D eigenvalue weighted by Crippen LogP contribution is -2.35. The highest BCUT2D eigenvalue weighted by molar-refractivity contribution is 5.81. The van der Waals surface area contributed by atoms with Crippen molar-refractivity contribution in [2.24, 2.45) is 5.92 Å². The zero-order valence-corrected chi connectivity index (χ0v) is 15.8.